The second kappa shape index (κ2) is 8.57. The molecule has 0 spiro atoms. The van der Waals surface area contributed by atoms with E-state index in [4.69, 9.17) is 0 Å². The van der Waals surface area contributed by atoms with Crippen LogP contribution in [0, 0.1) is 0 Å². The summed E-state index contributed by atoms with van der Waals surface area (Å²) in [5.41, 5.74) is 4.45. The molecule has 1 atom stereocenters. The minimum atomic E-state index is -0.338. The van der Waals surface area contributed by atoms with Gasteiger partial charge in [0.25, 0.3) is 5.91 Å². The Kier molecular flexibility index (Phi) is 6.19. The molecule has 24 heavy (non-hydrogen) atoms. The monoisotopic (exact) mass is 324 g/mol. The smallest absolute Gasteiger partial charge is 0.271 e. The summed E-state index contributed by atoms with van der Waals surface area (Å²) in [5, 5.41) is 6.86. The van der Waals surface area contributed by atoms with Crippen LogP contribution in [0.5, 0.6) is 0 Å². The lowest BCUT2D eigenvalue weighted by molar-refractivity contribution is -0.120. The molecule has 0 fully saturated rings. The maximum Gasteiger partial charge on any atom is 0.271 e. The van der Waals surface area contributed by atoms with Crippen LogP contribution in [-0.4, -0.2) is 22.5 Å². The van der Waals surface area contributed by atoms with E-state index in [2.05, 4.69) is 20.8 Å². The van der Waals surface area contributed by atoms with Crippen LogP contribution in [0.25, 0.3) is 0 Å². The molecule has 2 amide bonds. The van der Waals surface area contributed by atoms with Gasteiger partial charge in [-0.3, -0.25) is 14.6 Å². The van der Waals surface area contributed by atoms with Gasteiger partial charge in [-0.25, -0.2) is 5.43 Å². The summed E-state index contributed by atoms with van der Waals surface area (Å²) in [6, 6.07) is 12.8. The van der Waals surface area contributed by atoms with Crippen LogP contribution in [0.2, 0.25) is 0 Å². The molecular weight excluding hydrogens is 304 g/mol. The van der Waals surface area contributed by atoms with Crippen molar-refractivity contribution in [2.75, 3.05) is 0 Å². The number of carbonyl (C=O) groups is 2. The molecule has 0 bridgehead atoms. The molecule has 6 heteroatoms. The number of rotatable bonds is 6. The van der Waals surface area contributed by atoms with Crippen LogP contribution in [0.15, 0.2) is 60.0 Å². The van der Waals surface area contributed by atoms with Gasteiger partial charge >= 0.3 is 0 Å². The van der Waals surface area contributed by atoms with Crippen LogP contribution < -0.4 is 10.7 Å². The van der Waals surface area contributed by atoms with Crippen molar-refractivity contribution in [2.24, 2.45) is 5.10 Å². The number of amides is 2. The third kappa shape index (κ3) is 5.31. The summed E-state index contributed by atoms with van der Waals surface area (Å²) in [6.07, 6.45) is 3.18. The number of pyridine rings is 1. The van der Waals surface area contributed by atoms with Gasteiger partial charge in [0.15, 0.2) is 0 Å². The minimum absolute atomic E-state index is 0.0853. The third-order valence-corrected chi connectivity index (χ3v) is 3.38. The normalized spacial score (nSPS) is 12.3. The average Bonchev–Trinajstić information content (AvgIpc) is 2.61. The molecular formula is C18H20N4O2. The van der Waals surface area contributed by atoms with E-state index in [-0.39, 0.29) is 24.3 Å². The zero-order valence-electron chi connectivity index (χ0n) is 13.7. The number of hydrogen-bond acceptors (Lipinski definition) is 4. The Labute approximate surface area is 141 Å². The predicted octanol–water partition coefficient (Wildman–Crippen LogP) is 2.45. The third-order valence-electron chi connectivity index (χ3n) is 3.38. The fraction of sp³-hybridized carbons (Fsp3) is 0.222. The molecule has 0 aliphatic heterocycles. The lowest BCUT2D eigenvalue weighted by Crippen LogP contribution is -2.28. The standard InChI is InChI=1S/C18H20N4O2/c1-13(21-22-18(24)16-8-10-19-11-9-16)12-17(23)20-14(2)15-6-4-3-5-7-15/h3-11,14H,12H2,1-2H3,(H,20,23)(H,22,24)/b21-13+. The zero-order valence-corrected chi connectivity index (χ0v) is 13.7. The van der Waals surface area contributed by atoms with E-state index in [9.17, 15) is 9.59 Å². The molecule has 0 aliphatic rings. The molecule has 2 aromatic rings. The first-order valence-electron chi connectivity index (χ1n) is 7.64. The van der Waals surface area contributed by atoms with Crippen molar-refractivity contribution in [3.63, 3.8) is 0 Å². The van der Waals surface area contributed by atoms with E-state index in [0.29, 0.717) is 11.3 Å². The van der Waals surface area contributed by atoms with Crippen LogP contribution in [0.4, 0.5) is 0 Å². The first kappa shape index (κ1) is 17.3. The molecule has 1 unspecified atom stereocenters. The molecule has 0 aliphatic carbocycles. The predicted molar refractivity (Wildman–Crippen MR) is 92.4 cm³/mol. The lowest BCUT2D eigenvalue weighted by atomic mass is 10.1. The number of aromatic nitrogens is 1. The van der Waals surface area contributed by atoms with E-state index in [0.717, 1.165) is 5.56 Å². The van der Waals surface area contributed by atoms with E-state index < -0.39 is 0 Å². The topological polar surface area (TPSA) is 83.5 Å². The molecule has 0 radical (unpaired) electrons. The van der Waals surface area contributed by atoms with Crippen molar-refractivity contribution in [2.45, 2.75) is 26.3 Å². The van der Waals surface area contributed by atoms with Gasteiger partial charge in [0.2, 0.25) is 5.91 Å². The van der Waals surface area contributed by atoms with Gasteiger partial charge in [-0.2, -0.15) is 5.10 Å². The van der Waals surface area contributed by atoms with Gasteiger partial charge in [0, 0.05) is 23.7 Å². The number of nitrogens with one attached hydrogen (secondary N) is 2. The molecule has 2 rings (SSSR count). The fourth-order valence-electron chi connectivity index (χ4n) is 2.10. The second-order valence-corrected chi connectivity index (χ2v) is 5.40. The van der Waals surface area contributed by atoms with Crippen molar-refractivity contribution in [3.05, 3.63) is 66.0 Å². The zero-order chi connectivity index (χ0) is 17.4. The van der Waals surface area contributed by atoms with E-state index in [1.165, 1.54) is 12.4 Å². The van der Waals surface area contributed by atoms with Crippen LogP contribution in [0.3, 0.4) is 0 Å². The SMILES string of the molecule is C/C(CC(=O)NC(C)c1ccccc1)=N\NC(=O)c1ccncc1. The van der Waals surface area contributed by atoms with E-state index in [1.807, 2.05) is 37.3 Å². The molecule has 1 aromatic carbocycles. The number of nitrogens with zero attached hydrogens (tertiary/aromatic N) is 2. The quantitative estimate of drug-likeness (QED) is 0.632. The van der Waals surface area contributed by atoms with Crippen molar-refractivity contribution in [1.29, 1.82) is 0 Å². The molecule has 2 N–H and O–H groups in total. The lowest BCUT2D eigenvalue weighted by Gasteiger charge is -2.14. The summed E-state index contributed by atoms with van der Waals surface area (Å²) in [7, 11) is 0. The molecule has 1 heterocycles. The van der Waals surface area contributed by atoms with Crippen molar-refractivity contribution < 1.29 is 9.59 Å². The Morgan fingerprint density at radius 2 is 1.79 bits per heavy atom. The van der Waals surface area contributed by atoms with Gasteiger partial charge in [-0.15, -0.1) is 0 Å². The highest BCUT2D eigenvalue weighted by molar-refractivity contribution is 6.01. The van der Waals surface area contributed by atoms with Crippen LogP contribution in [-0.2, 0) is 4.79 Å². The molecule has 6 nitrogen and oxygen atoms in total. The first-order valence-corrected chi connectivity index (χ1v) is 7.64. The van der Waals surface area contributed by atoms with Gasteiger partial charge in [0.05, 0.1) is 12.5 Å². The number of hydrogen-bond donors (Lipinski definition) is 2. The maximum atomic E-state index is 12.0. The highest BCUT2D eigenvalue weighted by Gasteiger charge is 2.10. The summed E-state index contributed by atoms with van der Waals surface area (Å²) >= 11 is 0. The Morgan fingerprint density at radius 1 is 1.12 bits per heavy atom. The molecule has 1 aromatic heterocycles. The highest BCUT2D eigenvalue weighted by Crippen LogP contribution is 2.11. The summed E-state index contributed by atoms with van der Waals surface area (Å²) < 4.78 is 0. The molecule has 0 saturated carbocycles. The van der Waals surface area contributed by atoms with Crippen LogP contribution in [0.1, 0.15) is 42.2 Å². The minimum Gasteiger partial charge on any atom is -0.349 e. The summed E-state index contributed by atoms with van der Waals surface area (Å²) in [6.45, 7) is 3.62. The van der Waals surface area contributed by atoms with Gasteiger partial charge < -0.3 is 5.32 Å². The second-order valence-electron chi connectivity index (χ2n) is 5.40. The van der Waals surface area contributed by atoms with Gasteiger partial charge in [-0.1, -0.05) is 30.3 Å². The van der Waals surface area contributed by atoms with Gasteiger partial charge in [0.1, 0.15) is 0 Å². The number of hydrazone groups is 1. The number of carbonyl (C=O) groups excluding carboxylic acids is 2. The fourth-order valence-corrected chi connectivity index (χ4v) is 2.10. The van der Waals surface area contributed by atoms with E-state index in [1.54, 1.807) is 19.1 Å². The largest absolute Gasteiger partial charge is 0.349 e. The van der Waals surface area contributed by atoms with Crippen LogP contribution >= 0.6 is 0 Å². The Hall–Kier alpha value is -3.02. The Morgan fingerprint density at radius 3 is 2.46 bits per heavy atom. The summed E-state index contributed by atoms with van der Waals surface area (Å²) in [5.74, 6) is -0.486. The molecule has 124 valence electrons. The average molecular weight is 324 g/mol. The van der Waals surface area contributed by atoms with Crippen molar-refractivity contribution >= 4 is 17.5 Å². The summed E-state index contributed by atoms with van der Waals surface area (Å²) in [4.78, 5) is 27.7. The van der Waals surface area contributed by atoms with Crippen molar-refractivity contribution in [1.82, 2.24) is 15.7 Å². The first-order chi connectivity index (χ1) is 11.6. The van der Waals surface area contributed by atoms with E-state index >= 15 is 0 Å². The highest BCUT2D eigenvalue weighted by atomic mass is 16.2. The maximum absolute atomic E-state index is 12.0. The van der Waals surface area contributed by atoms with Gasteiger partial charge in [-0.05, 0) is 31.5 Å². The van der Waals surface area contributed by atoms with Crippen molar-refractivity contribution in [3.8, 4) is 0 Å². The Bertz CT molecular complexity index is 714. The molecule has 0 saturated heterocycles. The Balaban J connectivity index is 1.84. The number of benzene rings is 1.